The number of carbonyl (C=O) groups is 2. The number of nitriles is 1. The van der Waals surface area contributed by atoms with Crippen LogP contribution in [0.5, 0.6) is 0 Å². The van der Waals surface area contributed by atoms with E-state index in [1.54, 1.807) is 4.90 Å². The second-order valence-corrected chi connectivity index (χ2v) is 3.61. The van der Waals surface area contributed by atoms with Crippen LogP contribution in [0.25, 0.3) is 0 Å². The maximum absolute atomic E-state index is 11.5. The van der Waals surface area contributed by atoms with Gasteiger partial charge in [-0.25, -0.2) is 0 Å². The third-order valence-corrected chi connectivity index (χ3v) is 2.17. The number of amides is 1. The van der Waals surface area contributed by atoms with Gasteiger partial charge in [-0.15, -0.1) is 0 Å². The molecule has 4 heteroatoms. The van der Waals surface area contributed by atoms with Crippen molar-refractivity contribution in [3.63, 3.8) is 0 Å². The van der Waals surface area contributed by atoms with E-state index in [2.05, 4.69) is 0 Å². The molecule has 0 aromatic carbocycles. The van der Waals surface area contributed by atoms with E-state index < -0.39 is 0 Å². The maximum atomic E-state index is 11.5. The van der Waals surface area contributed by atoms with Crippen LogP contribution in [-0.2, 0) is 9.59 Å². The van der Waals surface area contributed by atoms with Crippen LogP contribution in [0, 0.1) is 11.3 Å². The Bertz CT molecular complexity index is 276. The summed E-state index contributed by atoms with van der Waals surface area (Å²) in [6, 6.07) is 2.30. The number of ketones is 1. The molecular weight excluding hydrogens is 180 g/mol. The molecule has 1 rings (SSSR count). The molecule has 1 aliphatic carbocycles. The number of hydrogen-bond donors (Lipinski definition) is 0. The molecule has 76 valence electrons. The van der Waals surface area contributed by atoms with E-state index >= 15 is 0 Å². The van der Waals surface area contributed by atoms with Gasteiger partial charge in [0.15, 0.2) is 0 Å². The minimum absolute atomic E-state index is 0.0259. The topological polar surface area (TPSA) is 61.2 Å². The molecule has 0 heterocycles. The van der Waals surface area contributed by atoms with Crippen molar-refractivity contribution in [3.8, 4) is 6.07 Å². The van der Waals surface area contributed by atoms with Crippen molar-refractivity contribution >= 4 is 11.7 Å². The fourth-order valence-electron chi connectivity index (χ4n) is 1.38. The van der Waals surface area contributed by atoms with Crippen LogP contribution in [0.4, 0.5) is 0 Å². The number of rotatable bonds is 5. The predicted molar refractivity (Wildman–Crippen MR) is 50.3 cm³/mol. The van der Waals surface area contributed by atoms with E-state index in [1.807, 2.05) is 6.07 Å². The van der Waals surface area contributed by atoms with E-state index in [4.69, 9.17) is 5.26 Å². The molecular formula is C10H14N2O2. The Kier molecular flexibility index (Phi) is 3.63. The molecule has 4 nitrogen and oxygen atoms in total. The van der Waals surface area contributed by atoms with Crippen molar-refractivity contribution in [1.82, 2.24) is 4.90 Å². The van der Waals surface area contributed by atoms with Crippen LogP contribution < -0.4 is 0 Å². The molecule has 1 saturated carbocycles. The molecule has 14 heavy (non-hydrogen) atoms. The van der Waals surface area contributed by atoms with Crippen molar-refractivity contribution in [2.45, 2.75) is 38.6 Å². The van der Waals surface area contributed by atoms with Gasteiger partial charge in [0.25, 0.3) is 0 Å². The van der Waals surface area contributed by atoms with E-state index in [9.17, 15) is 9.59 Å². The van der Waals surface area contributed by atoms with Crippen LogP contribution in [0.3, 0.4) is 0 Å². The highest BCUT2D eigenvalue weighted by Gasteiger charge is 2.32. The zero-order valence-corrected chi connectivity index (χ0v) is 8.32. The van der Waals surface area contributed by atoms with Crippen molar-refractivity contribution in [2.75, 3.05) is 6.54 Å². The average Bonchev–Trinajstić information content (AvgIpc) is 2.87. The lowest BCUT2D eigenvalue weighted by molar-refractivity contribution is -0.135. The number of carbonyl (C=O) groups excluding carboxylic acids is 2. The summed E-state index contributed by atoms with van der Waals surface area (Å²) in [5.74, 6) is -0.243. The molecule has 0 bridgehead atoms. The molecule has 0 N–H and O–H groups in total. The van der Waals surface area contributed by atoms with Gasteiger partial charge in [0.05, 0.1) is 18.9 Å². The van der Waals surface area contributed by atoms with Gasteiger partial charge < -0.3 is 4.90 Å². The fourth-order valence-corrected chi connectivity index (χ4v) is 1.38. The molecule has 0 radical (unpaired) electrons. The summed E-state index contributed by atoms with van der Waals surface area (Å²) < 4.78 is 0. The van der Waals surface area contributed by atoms with Crippen LogP contribution >= 0.6 is 0 Å². The van der Waals surface area contributed by atoms with Crippen molar-refractivity contribution in [1.29, 1.82) is 5.26 Å². The van der Waals surface area contributed by atoms with Crippen LogP contribution in [-0.4, -0.2) is 29.2 Å². The molecule has 1 amide bonds. The minimum atomic E-state index is -0.129. The number of hydrogen-bond acceptors (Lipinski definition) is 3. The third-order valence-electron chi connectivity index (χ3n) is 2.17. The van der Waals surface area contributed by atoms with Gasteiger partial charge in [-0.3, -0.25) is 9.59 Å². The monoisotopic (exact) mass is 194 g/mol. The van der Waals surface area contributed by atoms with Gasteiger partial charge in [-0.1, -0.05) is 0 Å². The molecule has 0 aromatic rings. The average molecular weight is 194 g/mol. The summed E-state index contributed by atoms with van der Waals surface area (Å²) in [5.41, 5.74) is 0. The van der Waals surface area contributed by atoms with Gasteiger partial charge >= 0.3 is 0 Å². The summed E-state index contributed by atoms with van der Waals surface area (Å²) in [7, 11) is 0. The minimum Gasteiger partial charge on any atom is -0.338 e. The lowest BCUT2D eigenvalue weighted by atomic mass is 10.2. The normalized spacial score (nSPS) is 14.6. The van der Waals surface area contributed by atoms with Crippen molar-refractivity contribution in [2.24, 2.45) is 0 Å². The Balaban J connectivity index is 2.45. The Hall–Kier alpha value is -1.37. The van der Waals surface area contributed by atoms with Crippen molar-refractivity contribution < 1.29 is 9.59 Å². The first-order chi connectivity index (χ1) is 6.65. The molecule has 0 atom stereocenters. The highest BCUT2D eigenvalue weighted by molar-refractivity contribution is 5.97. The highest BCUT2D eigenvalue weighted by Crippen LogP contribution is 2.27. The quantitative estimate of drug-likeness (QED) is 0.610. The maximum Gasteiger partial charge on any atom is 0.230 e. The summed E-state index contributed by atoms with van der Waals surface area (Å²) in [6.07, 6.45) is 2.34. The van der Waals surface area contributed by atoms with Gasteiger partial charge in [0.1, 0.15) is 5.78 Å². The van der Waals surface area contributed by atoms with Gasteiger partial charge in [-0.05, 0) is 19.8 Å². The summed E-state index contributed by atoms with van der Waals surface area (Å²) in [5, 5.41) is 8.43. The van der Waals surface area contributed by atoms with E-state index in [1.165, 1.54) is 6.92 Å². The molecule has 0 spiro atoms. The number of nitrogens with zero attached hydrogens (tertiary/aromatic N) is 2. The van der Waals surface area contributed by atoms with Gasteiger partial charge in [0.2, 0.25) is 5.91 Å². The second kappa shape index (κ2) is 4.75. The number of Topliss-reactive ketones (excluding diaryl/α,β-unsaturated/α-hetero) is 1. The summed E-state index contributed by atoms with van der Waals surface area (Å²) in [4.78, 5) is 24.0. The van der Waals surface area contributed by atoms with Crippen LogP contribution in [0.2, 0.25) is 0 Å². The Morgan fingerprint density at radius 3 is 2.57 bits per heavy atom. The zero-order chi connectivity index (χ0) is 10.6. The van der Waals surface area contributed by atoms with Crippen molar-refractivity contribution in [3.05, 3.63) is 0 Å². The summed E-state index contributed by atoms with van der Waals surface area (Å²) >= 11 is 0. The van der Waals surface area contributed by atoms with Gasteiger partial charge in [-0.2, -0.15) is 5.26 Å². The smallest absolute Gasteiger partial charge is 0.230 e. The molecule has 1 aliphatic rings. The summed E-state index contributed by atoms with van der Waals surface area (Å²) in [6.45, 7) is 1.88. The zero-order valence-electron chi connectivity index (χ0n) is 8.32. The molecule has 0 aliphatic heterocycles. The highest BCUT2D eigenvalue weighted by atomic mass is 16.2. The Morgan fingerprint density at radius 2 is 2.14 bits per heavy atom. The third kappa shape index (κ3) is 3.17. The molecule has 0 aromatic heterocycles. The largest absolute Gasteiger partial charge is 0.338 e. The molecule has 1 fully saturated rings. The first-order valence-electron chi connectivity index (χ1n) is 4.81. The van der Waals surface area contributed by atoms with E-state index in [0.717, 1.165) is 12.8 Å². The van der Waals surface area contributed by atoms with E-state index in [0.29, 0.717) is 13.0 Å². The van der Waals surface area contributed by atoms with Crippen LogP contribution in [0.1, 0.15) is 32.6 Å². The van der Waals surface area contributed by atoms with E-state index in [-0.39, 0.29) is 24.2 Å². The lowest BCUT2D eigenvalue weighted by Gasteiger charge is -2.20. The predicted octanol–water partition coefficient (Wildman–Crippen LogP) is 0.870. The molecule has 0 unspecified atom stereocenters. The first-order valence-corrected chi connectivity index (χ1v) is 4.81. The lowest BCUT2D eigenvalue weighted by Crippen LogP contribution is -2.34. The fraction of sp³-hybridized carbons (Fsp3) is 0.700. The van der Waals surface area contributed by atoms with Gasteiger partial charge in [0, 0.05) is 12.6 Å². The molecule has 0 saturated heterocycles. The first kappa shape index (κ1) is 10.7. The standard InChI is InChI=1S/C10H14N2O2/c1-8(13)7-10(14)12(6-2-5-11)9-3-4-9/h9H,2-4,6-7H2,1H3. The Labute approximate surface area is 83.5 Å². The van der Waals surface area contributed by atoms with Crippen LogP contribution in [0.15, 0.2) is 0 Å². The SMILES string of the molecule is CC(=O)CC(=O)N(CCC#N)C1CC1. The second-order valence-electron chi connectivity index (χ2n) is 3.61. The Morgan fingerprint density at radius 1 is 1.50 bits per heavy atom.